The highest BCUT2D eigenvalue weighted by Gasteiger charge is 2.13. The normalized spacial score (nSPS) is 18.9. The van der Waals surface area contributed by atoms with Crippen LogP contribution in [0.4, 0.5) is 0 Å². The van der Waals surface area contributed by atoms with Gasteiger partial charge in [-0.1, -0.05) is 48.9 Å². The lowest BCUT2D eigenvalue weighted by Gasteiger charge is -2.19. The summed E-state index contributed by atoms with van der Waals surface area (Å²) in [5.41, 5.74) is 6.38. The number of allylic oxidation sites excluding steroid dienone is 4. The Morgan fingerprint density at radius 2 is 1.84 bits per heavy atom. The molecule has 0 saturated heterocycles. The zero-order chi connectivity index (χ0) is 13.2. The first-order chi connectivity index (χ1) is 9.25. The van der Waals surface area contributed by atoms with Crippen LogP contribution >= 0.6 is 0 Å². The van der Waals surface area contributed by atoms with Gasteiger partial charge in [0.25, 0.3) is 0 Å². The SMILES string of the molecule is CC1=C(c2ccc(-c3ccn[nH]3)cc2)C=CCC1C. The fourth-order valence-electron chi connectivity index (χ4n) is 2.53. The van der Waals surface area contributed by atoms with Gasteiger partial charge in [0.2, 0.25) is 0 Å². The Hall–Kier alpha value is -2.09. The number of benzene rings is 1. The minimum atomic E-state index is 0.646. The van der Waals surface area contributed by atoms with Gasteiger partial charge in [0.05, 0.1) is 5.69 Å². The van der Waals surface area contributed by atoms with Crippen molar-refractivity contribution < 1.29 is 0 Å². The van der Waals surface area contributed by atoms with Crippen LogP contribution in [0.5, 0.6) is 0 Å². The van der Waals surface area contributed by atoms with E-state index in [9.17, 15) is 0 Å². The number of H-pyrrole nitrogens is 1. The molecule has 0 radical (unpaired) electrons. The molecule has 96 valence electrons. The summed E-state index contributed by atoms with van der Waals surface area (Å²) in [7, 11) is 0. The van der Waals surface area contributed by atoms with Crippen LogP contribution in [-0.4, -0.2) is 10.2 Å². The zero-order valence-corrected chi connectivity index (χ0v) is 11.4. The van der Waals surface area contributed by atoms with E-state index < -0.39 is 0 Å². The first-order valence-corrected chi connectivity index (χ1v) is 6.73. The summed E-state index contributed by atoms with van der Waals surface area (Å²) in [4.78, 5) is 0. The summed E-state index contributed by atoms with van der Waals surface area (Å²) in [6.45, 7) is 4.53. The molecule has 1 N–H and O–H groups in total. The highest BCUT2D eigenvalue weighted by Crippen LogP contribution is 2.31. The molecule has 0 bridgehead atoms. The molecule has 2 aromatic rings. The second-order valence-electron chi connectivity index (χ2n) is 5.18. The average molecular weight is 250 g/mol. The van der Waals surface area contributed by atoms with E-state index in [1.165, 1.54) is 22.3 Å². The van der Waals surface area contributed by atoms with E-state index in [4.69, 9.17) is 0 Å². The van der Waals surface area contributed by atoms with Crippen molar-refractivity contribution in [3.8, 4) is 11.3 Å². The minimum Gasteiger partial charge on any atom is -0.278 e. The summed E-state index contributed by atoms with van der Waals surface area (Å²) in [5.74, 6) is 0.646. The van der Waals surface area contributed by atoms with Crippen molar-refractivity contribution in [1.29, 1.82) is 0 Å². The van der Waals surface area contributed by atoms with Gasteiger partial charge >= 0.3 is 0 Å². The topological polar surface area (TPSA) is 28.7 Å². The van der Waals surface area contributed by atoms with Gasteiger partial charge in [-0.2, -0.15) is 5.10 Å². The van der Waals surface area contributed by atoms with Gasteiger partial charge in [0.1, 0.15) is 0 Å². The quantitative estimate of drug-likeness (QED) is 0.838. The van der Waals surface area contributed by atoms with Crippen LogP contribution in [-0.2, 0) is 0 Å². The molecule has 0 fully saturated rings. The van der Waals surface area contributed by atoms with E-state index in [0.717, 1.165) is 12.1 Å². The van der Waals surface area contributed by atoms with Gasteiger partial charge in [-0.3, -0.25) is 5.10 Å². The van der Waals surface area contributed by atoms with Crippen LogP contribution in [0.15, 0.2) is 54.3 Å². The third-order valence-corrected chi connectivity index (χ3v) is 3.95. The summed E-state index contributed by atoms with van der Waals surface area (Å²) < 4.78 is 0. The molecule has 0 amide bonds. The van der Waals surface area contributed by atoms with Crippen molar-refractivity contribution in [2.24, 2.45) is 5.92 Å². The van der Waals surface area contributed by atoms with Gasteiger partial charge < -0.3 is 0 Å². The lowest BCUT2D eigenvalue weighted by molar-refractivity contribution is 0.690. The molecular formula is C17H18N2. The smallest absolute Gasteiger partial charge is 0.0650 e. The third kappa shape index (κ3) is 2.26. The molecule has 0 spiro atoms. The van der Waals surface area contributed by atoms with E-state index in [2.05, 4.69) is 60.5 Å². The van der Waals surface area contributed by atoms with E-state index in [-0.39, 0.29) is 0 Å². The van der Waals surface area contributed by atoms with Gasteiger partial charge in [-0.05, 0) is 42.0 Å². The van der Waals surface area contributed by atoms with Crippen LogP contribution in [0.3, 0.4) is 0 Å². The highest BCUT2D eigenvalue weighted by molar-refractivity contribution is 5.78. The largest absolute Gasteiger partial charge is 0.278 e. The predicted molar refractivity (Wildman–Crippen MR) is 79.5 cm³/mol. The van der Waals surface area contributed by atoms with Gasteiger partial charge in [0, 0.05) is 6.20 Å². The maximum absolute atomic E-state index is 3.99. The molecule has 1 aromatic carbocycles. The second-order valence-corrected chi connectivity index (χ2v) is 5.18. The number of nitrogens with zero attached hydrogens (tertiary/aromatic N) is 1. The monoisotopic (exact) mass is 250 g/mol. The van der Waals surface area contributed by atoms with E-state index in [1.54, 1.807) is 6.20 Å². The highest BCUT2D eigenvalue weighted by atomic mass is 15.1. The zero-order valence-electron chi connectivity index (χ0n) is 11.4. The van der Waals surface area contributed by atoms with Crippen molar-refractivity contribution >= 4 is 5.57 Å². The molecule has 1 aliphatic carbocycles. The van der Waals surface area contributed by atoms with Crippen LogP contribution in [0.25, 0.3) is 16.8 Å². The molecule has 3 rings (SSSR count). The van der Waals surface area contributed by atoms with Crippen molar-refractivity contribution in [2.45, 2.75) is 20.3 Å². The molecule has 1 heterocycles. The molecule has 1 aromatic heterocycles. The molecule has 0 aliphatic heterocycles. The maximum atomic E-state index is 3.99. The Balaban J connectivity index is 1.95. The Labute approximate surface area is 113 Å². The molecule has 2 nitrogen and oxygen atoms in total. The number of hydrogen-bond donors (Lipinski definition) is 1. The number of aromatic nitrogens is 2. The summed E-state index contributed by atoms with van der Waals surface area (Å²) in [6, 6.07) is 10.7. The number of hydrogen-bond acceptors (Lipinski definition) is 1. The fourth-order valence-corrected chi connectivity index (χ4v) is 2.53. The standard InChI is InChI=1S/C17H18N2/c1-12-4-3-5-16(13(12)2)14-6-8-15(9-7-14)17-10-11-18-19-17/h3,5-12H,4H2,1-2H3,(H,18,19). The van der Waals surface area contributed by atoms with Crippen LogP contribution in [0.2, 0.25) is 0 Å². The molecule has 1 atom stereocenters. The lowest BCUT2D eigenvalue weighted by atomic mass is 9.86. The second kappa shape index (κ2) is 4.88. The molecule has 1 aliphatic rings. The van der Waals surface area contributed by atoms with Crippen molar-refractivity contribution in [3.05, 3.63) is 59.8 Å². The Morgan fingerprint density at radius 3 is 2.53 bits per heavy atom. The Kier molecular flexibility index (Phi) is 3.08. The van der Waals surface area contributed by atoms with Gasteiger partial charge in [-0.15, -0.1) is 0 Å². The van der Waals surface area contributed by atoms with E-state index >= 15 is 0 Å². The average Bonchev–Trinajstić information content (AvgIpc) is 2.96. The van der Waals surface area contributed by atoms with Gasteiger partial charge in [-0.25, -0.2) is 0 Å². The number of aromatic amines is 1. The summed E-state index contributed by atoms with van der Waals surface area (Å²) >= 11 is 0. The third-order valence-electron chi connectivity index (χ3n) is 3.95. The summed E-state index contributed by atoms with van der Waals surface area (Å²) in [6.07, 6.45) is 7.46. The van der Waals surface area contributed by atoms with E-state index in [0.29, 0.717) is 5.92 Å². The van der Waals surface area contributed by atoms with Crippen LogP contribution < -0.4 is 0 Å². The van der Waals surface area contributed by atoms with Gasteiger partial charge in [0.15, 0.2) is 0 Å². The van der Waals surface area contributed by atoms with Crippen molar-refractivity contribution in [2.75, 3.05) is 0 Å². The summed E-state index contributed by atoms with van der Waals surface area (Å²) in [5, 5.41) is 6.98. The lowest BCUT2D eigenvalue weighted by Crippen LogP contribution is -2.02. The predicted octanol–water partition coefficient (Wildman–Crippen LogP) is 4.45. The molecule has 19 heavy (non-hydrogen) atoms. The van der Waals surface area contributed by atoms with Crippen molar-refractivity contribution in [1.82, 2.24) is 10.2 Å². The molecule has 2 heteroatoms. The molecular weight excluding hydrogens is 232 g/mol. The van der Waals surface area contributed by atoms with Crippen LogP contribution in [0, 0.1) is 5.92 Å². The van der Waals surface area contributed by atoms with E-state index in [1.807, 2.05) is 6.07 Å². The van der Waals surface area contributed by atoms with Crippen LogP contribution in [0.1, 0.15) is 25.8 Å². The fraction of sp³-hybridized carbons (Fsp3) is 0.235. The first-order valence-electron chi connectivity index (χ1n) is 6.73. The first kappa shape index (κ1) is 12.0. The van der Waals surface area contributed by atoms with Crippen molar-refractivity contribution in [3.63, 3.8) is 0 Å². The molecule has 1 unspecified atom stereocenters. The Morgan fingerprint density at radius 1 is 1.11 bits per heavy atom. The number of nitrogens with one attached hydrogen (secondary N) is 1. The number of rotatable bonds is 2. The molecule has 0 saturated carbocycles. The Bertz CT molecular complexity index is 616. The maximum Gasteiger partial charge on any atom is 0.0650 e. The minimum absolute atomic E-state index is 0.646.